The van der Waals surface area contributed by atoms with Gasteiger partial charge in [-0.1, -0.05) is 31.5 Å². The smallest absolute Gasteiger partial charge is 0.262 e. The van der Waals surface area contributed by atoms with Gasteiger partial charge in [-0.25, -0.2) is 0 Å². The summed E-state index contributed by atoms with van der Waals surface area (Å²) < 4.78 is 5.49. The standard InChI is InChI=1S/C23H27ClN2O3/c1-15-10-16(2)13-26(12-15)23(28)18-5-4-17(3)21(11-18)25-22(27)14-29-20-8-6-19(24)7-9-20/h4-9,11,15-16H,10,12-14H2,1-3H3,(H,25,27). The Bertz CT molecular complexity index is 872. The van der Waals surface area contributed by atoms with Crippen molar-refractivity contribution >= 4 is 29.1 Å². The van der Waals surface area contributed by atoms with Gasteiger partial charge in [-0.2, -0.15) is 0 Å². The molecule has 0 saturated carbocycles. The average Bonchev–Trinajstić information content (AvgIpc) is 2.68. The van der Waals surface area contributed by atoms with Gasteiger partial charge in [0.15, 0.2) is 6.61 Å². The molecule has 1 N–H and O–H groups in total. The molecule has 0 spiro atoms. The molecule has 2 aromatic rings. The lowest BCUT2D eigenvalue weighted by atomic mass is 9.91. The van der Waals surface area contributed by atoms with Crippen molar-refractivity contribution in [3.63, 3.8) is 0 Å². The molecule has 2 unspecified atom stereocenters. The predicted molar refractivity (Wildman–Crippen MR) is 116 cm³/mol. The van der Waals surface area contributed by atoms with Crippen LogP contribution in [0.15, 0.2) is 42.5 Å². The van der Waals surface area contributed by atoms with E-state index in [1.807, 2.05) is 24.0 Å². The predicted octanol–water partition coefficient (Wildman–Crippen LogP) is 4.78. The van der Waals surface area contributed by atoms with Crippen molar-refractivity contribution in [1.82, 2.24) is 4.90 Å². The number of hydrogen-bond donors (Lipinski definition) is 1. The number of aryl methyl sites for hydroxylation is 1. The SMILES string of the molecule is Cc1ccc(C(=O)N2CC(C)CC(C)C2)cc1NC(=O)COc1ccc(Cl)cc1. The van der Waals surface area contributed by atoms with E-state index < -0.39 is 0 Å². The monoisotopic (exact) mass is 414 g/mol. The minimum absolute atomic E-state index is 0.0105. The van der Waals surface area contributed by atoms with Crippen molar-refractivity contribution in [2.45, 2.75) is 27.2 Å². The van der Waals surface area contributed by atoms with E-state index >= 15 is 0 Å². The van der Waals surface area contributed by atoms with Gasteiger partial charge in [-0.15, -0.1) is 0 Å². The van der Waals surface area contributed by atoms with Gasteiger partial charge in [0.25, 0.3) is 11.8 Å². The second-order valence-corrected chi connectivity index (χ2v) is 8.41. The normalized spacial score (nSPS) is 19.0. The minimum Gasteiger partial charge on any atom is -0.484 e. The van der Waals surface area contributed by atoms with E-state index in [2.05, 4.69) is 19.2 Å². The first-order valence-corrected chi connectivity index (χ1v) is 10.3. The van der Waals surface area contributed by atoms with Gasteiger partial charge in [0.2, 0.25) is 0 Å². The Morgan fingerprint density at radius 2 is 1.76 bits per heavy atom. The fourth-order valence-corrected chi connectivity index (χ4v) is 3.89. The lowest BCUT2D eigenvalue weighted by Gasteiger charge is -2.35. The van der Waals surface area contributed by atoms with Crippen molar-refractivity contribution in [3.05, 3.63) is 58.6 Å². The number of ether oxygens (including phenoxy) is 1. The van der Waals surface area contributed by atoms with Crippen molar-refractivity contribution in [2.75, 3.05) is 25.0 Å². The van der Waals surface area contributed by atoms with E-state index in [0.717, 1.165) is 25.1 Å². The number of rotatable bonds is 5. The molecule has 6 heteroatoms. The zero-order valence-electron chi connectivity index (χ0n) is 17.1. The summed E-state index contributed by atoms with van der Waals surface area (Å²) in [5, 5.41) is 3.45. The second-order valence-electron chi connectivity index (χ2n) is 7.98. The molecule has 154 valence electrons. The number of carbonyl (C=O) groups excluding carboxylic acids is 2. The van der Waals surface area contributed by atoms with Crippen molar-refractivity contribution in [3.8, 4) is 5.75 Å². The number of carbonyl (C=O) groups is 2. The number of piperidine rings is 1. The van der Waals surface area contributed by atoms with Crippen LogP contribution in [0, 0.1) is 18.8 Å². The van der Waals surface area contributed by atoms with Crippen molar-refractivity contribution < 1.29 is 14.3 Å². The number of nitrogens with one attached hydrogen (secondary N) is 1. The highest BCUT2D eigenvalue weighted by Gasteiger charge is 2.26. The van der Waals surface area contributed by atoms with Crippen molar-refractivity contribution in [1.29, 1.82) is 0 Å². The van der Waals surface area contributed by atoms with Gasteiger partial charge in [0.05, 0.1) is 0 Å². The number of benzene rings is 2. The number of amides is 2. The molecule has 0 aliphatic carbocycles. The number of anilines is 1. The highest BCUT2D eigenvalue weighted by molar-refractivity contribution is 6.30. The molecule has 1 aliphatic heterocycles. The maximum Gasteiger partial charge on any atom is 0.262 e. The van der Waals surface area contributed by atoms with E-state index in [-0.39, 0.29) is 18.4 Å². The van der Waals surface area contributed by atoms with Crippen molar-refractivity contribution in [2.24, 2.45) is 11.8 Å². The molecule has 5 nitrogen and oxygen atoms in total. The lowest BCUT2D eigenvalue weighted by Crippen LogP contribution is -2.42. The summed E-state index contributed by atoms with van der Waals surface area (Å²) in [7, 11) is 0. The van der Waals surface area contributed by atoms with Crippen LogP contribution in [0.25, 0.3) is 0 Å². The molecule has 1 aliphatic rings. The van der Waals surface area contributed by atoms with Gasteiger partial charge >= 0.3 is 0 Å². The van der Waals surface area contributed by atoms with Crippen LogP contribution >= 0.6 is 11.6 Å². The summed E-state index contributed by atoms with van der Waals surface area (Å²) in [6.07, 6.45) is 1.15. The molecule has 1 saturated heterocycles. The largest absolute Gasteiger partial charge is 0.484 e. The summed E-state index contributed by atoms with van der Waals surface area (Å²) in [5.41, 5.74) is 2.10. The van der Waals surface area contributed by atoms with Gasteiger partial charge in [0, 0.05) is 29.4 Å². The van der Waals surface area contributed by atoms with Crippen LogP contribution in [0.3, 0.4) is 0 Å². The van der Waals surface area contributed by atoms with E-state index in [0.29, 0.717) is 33.9 Å². The van der Waals surface area contributed by atoms with E-state index in [4.69, 9.17) is 16.3 Å². The lowest BCUT2D eigenvalue weighted by molar-refractivity contribution is -0.118. The minimum atomic E-state index is -0.284. The first-order valence-electron chi connectivity index (χ1n) is 9.90. The van der Waals surface area contributed by atoms with Crippen LogP contribution < -0.4 is 10.1 Å². The molecule has 0 radical (unpaired) electrons. The first kappa shape index (κ1) is 21.2. The van der Waals surface area contributed by atoms with Gasteiger partial charge in [0.1, 0.15) is 5.75 Å². The molecular weight excluding hydrogens is 388 g/mol. The van der Waals surface area contributed by atoms with Crippen LogP contribution in [-0.2, 0) is 4.79 Å². The number of hydrogen-bond acceptors (Lipinski definition) is 3. The topological polar surface area (TPSA) is 58.6 Å². The summed E-state index contributed by atoms with van der Waals surface area (Å²) >= 11 is 5.85. The van der Waals surface area contributed by atoms with Gasteiger partial charge in [-0.3, -0.25) is 9.59 Å². The molecule has 1 fully saturated rings. The highest BCUT2D eigenvalue weighted by Crippen LogP contribution is 2.24. The Kier molecular flexibility index (Phi) is 6.80. The average molecular weight is 415 g/mol. The zero-order valence-corrected chi connectivity index (χ0v) is 17.8. The van der Waals surface area contributed by atoms with Crippen LogP contribution in [0.1, 0.15) is 36.2 Å². The molecule has 2 aromatic carbocycles. The van der Waals surface area contributed by atoms with Gasteiger partial charge < -0.3 is 15.0 Å². The fourth-order valence-electron chi connectivity index (χ4n) is 3.77. The highest BCUT2D eigenvalue weighted by atomic mass is 35.5. The molecule has 29 heavy (non-hydrogen) atoms. The van der Waals surface area contributed by atoms with E-state index in [1.54, 1.807) is 30.3 Å². The summed E-state index contributed by atoms with van der Waals surface area (Å²) in [6, 6.07) is 12.3. The van der Waals surface area contributed by atoms with Crippen LogP contribution in [-0.4, -0.2) is 36.4 Å². The Labute approximate surface area is 177 Å². The molecular formula is C23H27ClN2O3. The number of likely N-dealkylation sites (tertiary alicyclic amines) is 1. The quantitative estimate of drug-likeness (QED) is 0.765. The maximum atomic E-state index is 13.0. The van der Waals surface area contributed by atoms with Crippen LogP contribution in [0.5, 0.6) is 5.75 Å². The Hall–Kier alpha value is -2.53. The Morgan fingerprint density at radius 1 is 1.10 bits per heavy atom. The molecule has 3 rings (SSSR count). The zero-order chi connectivity index (χ0) is 21.0. The summed E-state index contributed by atoms with van der Waals surface area (Å²) in [6.45, 7) is 7.67. The molecule has 2 atom stereocenters. The number of nitrogens with zero attached hydrogens (tertiary/aromatic N) is 1. The van der Waals surface area contributed by atoms with E-state index in [1.165, 1.54) is 0 Å². The van der Waals surface area contributed by atoms with Crippen LogP contribution in [0.4, 0.5) is 5.69 Å². The fraction of sp³-hybridized carbons (Fsp3) is 0.391. The summed E-state index contributed by atoms with van der Waals surface area (Å²) in [4.78, 5) is 27.2. The maximum absolute atomic E-state index is 13.0. The Balaban J connectivity index is 1.64. The first-order chi connectivity index (χ1) is 13.8. The van der Waals surface area contributed by atoms with Gasteiger partial charge in [-0.05, 0) is 67.1 Å². The molecule has 0 aromatic heterocycles. The molecule has 1 heterocycles. The Morgan fingerprint density at radius 3 is 2.41 bits per heavy atom. The summed E-state index contributed by atoms with van der Waals surface area (Å²) in [5.74, 6) is 1.29. The number of halogens is 1. The third kappa shape index (κ3) is 5.73. The van der Waals surface area contributed by atoms with E-state index in [9.17, 15) is 9.59 Å². The van der Waals surface area contributed by atoms with Crippen LogP contribution in [0.2, 0.25) is 5.02 Å². The third-order valence-electron chi connectivity index (χ3n) is 5.10. The molecule has 2 amide bonds. The second kappa shape index (κ2) is 9.31. The molecule has 0 bridgehead atoms. The third-order valence-corrected chi connectivity index (χ3v) is 5.35.